The van der Waals surface area contributed by atoms with Gasteiger partial charge in [0.1, 0.15) is 5.69 Å². The second-order valence-corrected chi connectivity index (χ2v) is 9.20. The topological polar surface area (TPSA) is 102 Å². The van der Waals surface area contributed by atoms with E-state index in [-0.39, 0.29) is 22.7 Å². The quantitative estimate of drug-likeness (QED) is 0.584. The maximum atomic E-state index is 12.8. The molecule has 0 radical (unpaired) electrons. The highest BCUT2D eigenvalue weighted by Gasteiger charge is 2.29. The summed E-state index contributed by atoms with van der Waals surface area (Å²) in [6.07, 6.45) is 6.47. The molecule has 2 unspecified atom stereocenters. The predicted octanol–water partition coefficient (Wildman–Crippen LogP) is 3.14. The van der Waals surface area contributed by atoms with Crippen molar-refractivity contribution >= 4 is 21.4 Å². The first-order chi connectivity index (χ1) is 12.9. The number of piperidine rings is 1. The van der Waals surface area contributed by atoms with E-state index in [2.05, 4.69) is 5.32 Å². The fourth-order valence-corrected chi connectivity index (χ4v) is 5.45. The number of nitrogens with zero attached hydrogens (tertiary/aromatic N) is 2. The van der Waals surface area contributed by atoms with Gasteiger partial charge in [-0.15, -0.1) is 0 Å². The van der Waals surface area contributed by atoms with Crippen LogP contribution in [0, 0.1) is 10.1 Å². The van der Waals surface area contributed by atoms with Gasteiger partial charge >= 0.3 is 0 Å². The third-order valence-corrected chi connectivity index (χ3v) is 7.33. The number of rotatable bonds is 6. The van der Waals surface area contributed by atoms with Crippen molar-refractivity contribution in [1.29, 1.82) is 0 Å². The van der Waals surface area contributed by atoms with Gasteiger partial charge in [0.15, 0.2) is 0 Å². The van der Waals surface area contributed by atoms with Gasteiger partial charge in [-0.2, -0.15) is 4.31 Å². The number of anilines is 1. The van der Waals surface area contributed by atoms with Crippen molar-refractivity contribution in [3.05, 3.63) is 28.3 Å². The average molecular weight is 397 g/mol. The lowest BCUT2D eigenvalue weighted by atomic mass is 9.92. The number of hydrogen-bond acceptors (Lipinski definition) is 6. The number of hydrogen-bond donors (Lipinski definition) is 1. The fourth-order valence-electron chi connectivity index (χ4n) is 3.91. The van der Waals surface area contributed by atoms with Crippen molar-refractivity contribution in [3.8, 4) is 0 Å². The van der Waals surface area contributed by atoms with Gasteiger partial charge in [-0.05, 0) is 50.7 Å². The Hall–Kier alpha value is -1.71. The predicted molar refractivity (Wildman–Crippen MR) is 102 cm³/mol. The van der Waals surface area contributed by atoms with E-state index in [0.717, 1.165) is 44.9 Å². The van der Waals surface area contributed by atoms with Crippen molar-refractivity contribution in [2.75, 3.05) is 25.5 Å². The molecule has 1 N–H and O–H groups in total. The van der Waals surface area contributed by atoms with Crippen LogP contribution in [0.4, 0.5) is 11.4 Å². The van der Waals surface area contributed by atoms with Crippen LogP contribution in [0.15, 0.2) is 23.1 Å². The fraction of sp³-hybridized carbons (Fsp3) is 0.667. The van der Waals surface area contributed by atoms with E-state index in [4.69, 9.17) is 4.74 Å². The van der Waals surface area contributed by atoms with Gasteiger partial charge in [-0.3, -0.25) is 10.1 Å². The summed E-state index contributed by atoms with van der Waals surface area (Å²) in [4.78, 5) is 11.0. The van der Waals surface area contributed by atoms with Crippen LogP contribution >= 0.6 is 0 Å². The number of nitro benzene ring substituents is 1. The van der Waals surface area contributed by atoms with Gasteiger partial charge in [0.05, 0.1) is 15.9 Å². The molecule has 2 aliphatic rings. The van der Waals surface area contributed by atoms with Crippen LogP contribution in [-0.4, -0.2) is 50.0 Å². The highest BCUT2D eigenvalue weighted by atomic mass is 32.2. The second-order valence-electron chi connectivity index (χ2n) is 7.27. The number of benzene rings is 1. The van der Waals surface area contributed by atoms with Crippen molar-refractivity contribution in [2.45, 2.75) is 62.0 Å². The first kappa shape index (κ1) is 20.0. The average Bonchev–Trinajstić information content (AvgIpc) is 2.68. The Bertz CT molecular complexity index is 777. The molecule has 0 spiro atoms. The number of methoxy groups -OCH3 is 1. The number of nitrogens with one attached hydrogen (secondary N) is 1. The molecular weight excluding hydrogens is 370 g/mol. The summed E-state index contributed by atoms with van der Waals surface area (Å²) in [5.41, 5.74) is 0.159. The van der Waals surface area contributed by atoms with E-state index in [0.29, 0.717) is 18.8 Å². The first-order valence-corrected chi connectivity index (χ1v) is 10.9. The molecule has 1 aromatic rings. The second kappa shape index (κ2) is 8.53. The van der Waals surface area contributed by atoms with E-state index in [1.165, 1.54) is 22.5 Å². The lowest BCUT2D eigenvalue weighted by molar-refractivity contribution is -0.384. The summed E-state index contributed by atoms with van der Waals surface area (Å²) in [6, 6.07) is 4.25. The Kier molecular flexibility index (Phi) is 6.33. The third kappa shape index (κ3) is 4.59. The largest absolute Gasteiger partial charge is 0.381 e. The minimum atomic E-state index is -3.70. The lowest BCUT2D eigenvalue weighted by Crippen LogP contribution is -2.35. The van der Waals surface area contributed by atoms with Crippen LogP contribution in [0.3, 0.4) is 0 Å². The van der Waals surface area contributed by atoms with Gasteiger partial charge in [-0.1, -0.05) is 6.42 Å². The molecule has 2 atom stereocenters. The summed E-state index contributed by atoms with van der Waals surface area (Å²) in [6.45, 7) is 0.938. The Morgan fingerprint density at radius 3 is 2.59 bits per heavy atom. The molecule has 0 amide bonds. The molecule has 8 nitrogen and oxygen atoms in total. The minimum absolute atomic E-state index is 0.0138. The maximum absolute atomic E-state index is 12.8. The van der Waals surface area contributed by atoms with E-state index >= 15 is 0 Å². The first-order valence-electron chi connectivity index (χ1n) is 9.49. The van der Waals surface area contributed by atoms with Gasteiger partial charge in [-0.25, -0.2) is 8.42 Å². The van der Waals surface area contributed by atoms with E-state index < -0.39 is 14.9 Å². The molecule has 1 saturated carbocycles. The molecule has 1 aliphatic carbocycles. The molecule has 0 bridgehead atoms. The Labute approximate surface area is 160 Å². The van der Waals surface area contributed by atoms with Gasteiger partial charge < -0.3 is 10.1 Å². The molecule has 150 valence electrons. The van der Waals surface area contributed by atoms with Crippen molar-refractivity contribution in [1.82, 2.24) is 4.31 Å². The molecular formula is C18H27N3O5S. The maximum Gasteiger partial charge on any atom is 0.293 e. The lowest BCUT2D eigenvalue weighted by Gasteiger charge is -2.29. The summed E-state index contributed by atoms with van der Waals surface area (Å²) >= 11 is 0. The van der Waals surface area contributed by atoms with Crippen LogP contribution in [-0.2, 0) is 14.8 Å². The molecule has 3 rings (SSSR count). The highest BCUT2D eigenvalue weighted by Crippen LogP contribution is 2.32. The SMILES string of the molecule is COC1CCCC(Nc2ccc(S(=O)(=O)N3CCCCC3)cc2[N+](=O)[O-])C1. The standard InChI is InChI=1S/C18H27N3O5S/c1-26-15-7-5-6-14(12-15)19-17-9-8-16(13-18(17)21(22)23)27(24,25)20-10-3-2-4-11-20/h8-9,13-15,19H,2-7,10-12H2,1H3. The molecule has 27 heavy (non-hydrogen) atoms. The summed E-state index contributed by atoms with van der Waals surface area (Å²) < 4.78 is 32.5. The summed E-state index contributed by atoms with van der Waals surface area (Å²) in [7, 11) is -2.02. The monoisotopic (exact) mass is 397 g/mol. The summed E-state index contributed by atoms with van der Waals surface area (Å²) in [5, 5.41) is 14.8. The number of nitro groups is 1. The smallest absolute Gasteiger partial charge is 0.293 e. The van der Waals surface area contributed by atoms with Crippen LogP contribution in [0.5, 0.6) is 0 Å². The van der Waals surface area contributed by atoms with Gasteiger partial charge in [0.25, 0.3) is 5.69 Å². The van der Waals surface area contributed by atoms with Crippen molar-refractivity contribution in [3.63, 3.8) is 0 Å². The van der Waals surface area contributed by atoms with Crippen LogP contribution in [0.25, 0.3) is 0 Å². The number of ether oxygens (including phenoxy) is 1. The van der Waals surface area contributed by atoms with E-state index in [9.17, 15) is 18.5 Å². The van der Waals surface area contributed by atoms with Gasteiger partial charge in [0, 0.05) is 32.3 Å². The molecule has 1 aromatic carbocycles. The minimum Gasteiger partial charge on any atom is -0.381 e. The molecule has 2 fully saturated rings. The molecule has 1 saturated heterocycles. The van der Waals surface area contributed by atoms with Crippen LogP contribution in [0.2, 0.25) is 0 Å². The zero-order valence-electron chi connectivity index (χ0n) is 15.6. The van der Waals surface area contributed by atoms with Crippen molar-refractivity contribution in [2.24, 2.45) is 0 Å². The Morgan fingerprint density at radius 2 is 1.93 bits per heavy atom. The Balaban J connectivity index is 1.83. The zero-order chi connectivity index (χ0) is 19.4. The normalized spacial score (nSPS) is 24.5. The van der Waals surface area contributed by atoms with Crippen LogP contribution in [0.1, 0.15) is 44.9 Å². The number of sulfonamides is 1. The molecule has 0 aromatic heterocycles. The molecule has 9 heteroatoms. The Morgan fingerprint density at radius 1 is 1.19 bits per heavy atom. The van der Waals surface area contributed by atoms with Gasteiger partial charge in [0.2, 0.25) is 10.0 Å². The van der Waals surface area contributed by atoms with Crippen molar-refractivity contribution < 1.29 is 18.1 Å². The van der Waals surface area contributed by atoms with E-state index in [1.54, 1.807) is 7.11 Å². The highest BCUT2D eigenvalue weighted by molar-refractivity contribution is 7.89. The summed E-state index contributed by atoms with van der Waals surface area (Å²) in [5.74, 6) is 0. The molecule has 1 aliphatic heterocycles. The van der Waals surface area contributed by atoms with E-state index in [1.807, 2.05) is 0 Å². The van der Waals surface area contributed by atoms with Crippen LogP contribution < -0.4 is 5.32 Å². The molecule has 1 heterocycles. The third-order valence-electron chi connectivity index (χ3n) is 5.44. The zero-order valence-corrected chi connectivity index (χ0v) is 16.4.